The fourth-order valence-corrected chi connectivity index (χ4v) is 2.83. The van der Waals surface area contributed by atoms with E-state index in [4.69, 9.17) is 9.47 Å². The summed E-state index contributed by atoms with van der Waals surface area (Å²) in [6, 6.07) is 11.6. The predicted molar refractivity (Wildman–Crippen MR) is 82.1 cm³/mol. The van der Waals surface area contributed by atoms with Crippen LogP contribution in [0.2, 0.25) is 0 Å². The highest BCUT2D eigenvalue weighted by Gasteiger charge is 2.30. The molecule has 0 bridgehead atoms. The molecule has 1 saturated heterocycles. The monoisotopic (exact) mass is 314 g/mol. The van der Waals surface area contributed by atoms with Gasteiger partial charge in [-0.1, -0.05) is 12.1 Å². The molecule has 0 saturated carbocycles. The van der Waals surface area contributed by atoms with Gasteiger partial charge in [0.1, 0.15) is 5.82 Å². The van der Waals surface area contributed by atoms with Crippen LogP contribution in [0.3, 0.4) is 0 Å². The zero-order valence-corrected chi connectivity index (χ0v) is 12.4. The van der Waals surface area contributed by atoms with Gasteiger partial charge >= 0.3 is 6.03 Å². The second-order valence-electron chi connectivity index (χ2n) is 5.52. The maximum Gasteiger partial charge on any atom is 0.324 e. The van der Waals surface area contributed by atoms with Crippen LogP contribution >= 0.6 is 0 Å². The lowest BCUT2D eigenvalue weighted by Crippen LogP contribution is -2.31. The normalized spacial score (nSPS) is 16.3. The first-order valence-corrected chi connectivity index (χ1v) is 7.41. The molecule has 2 aromatic rings. The molecule has 2 amide bonds. The summed E-state index contributed by atoms with van der Waals surface area (Å²) in [6.45, 7) is 1.92. The van der Waals surface area contributed by atoms with E-state index in [1.54, 1.807) is 21.9 Å². The Kier molecular flexibility index (Phi) is 3.29. The number of urea groups is 1. The average Bonchev–Trinajstić information content (AvgIpc) is 3.16. The third-order valence-electron chi connectivity index (χ3n) is 4.05. The van der Waals surface area contributed by atoms with E-state index >= 15 is 0 Å². The summed E-state index contributed by atoms with van der Waals surface area (Å²) in [4.78, 5) is 16.0. The number of benzene rings is 2. The Bertz CT molecular complexity index is 748. The number of amides is 2. The minimum Gasteiger partial charge on any atom is -0.454 e. The summed E-state index contributed by atoms with van der Waals surface area (Å²) in [5.74, 6) is 1.08. The summed E-state index contributed by atoms with van der Waals surface area (Å²) in [6.07, 6.45) is 0. The Balaban J connectivity index is 1.50. The Morgan fingerprint density at radius 1 is 1.00 bits per heavy atom. The van der Waals surface area contributed by atoms with E-state index in [0.717, 1.165) is 11.3 Å². The van der Waals surface area contributed by atoms with Gasteiger partial charge in [0.2, 0.25) is 6.79 Å². The van der Waals surface area contributed by atoms with Crippen molar-refractivity contribution in [3.8, 4) is 11.5 Å². The van der Waals surface area contributed by atoms with Crippen molar-refractivity contribution in [2.75, 3.05) is 24.8 Å². The fourth-order valence-electron chi connectivity index (χ4n) is 2.83. The highest BCUT2D eigenvalue weighted by molar-refractivity contribution is 5.94. The highest BCUT2D eigenvalue weighted by Crippen LogP contribution is 2.36. The van der Waals surface area contributed by atoms with Gasteiger partial charge in [0, 0.05) is 31.4 Å². The molecule has 2 heterocycles. The van der Waals surface area contributed by atoms with Crippen LogP contribution in [0.15, 0.2) is 42.5 Å². The molecule has 0 atom stereocenters. The smallest absolute Gasteiger partial charge is 0.324 e. The van der Waals surface area contributed by atoms with Crippen molar-refractivity contribution in [3.05, 3.63) is 53.8 Å². The standard InChI is InChI=1S/C17H15FN2O3/c18-13-3-1-12(2-4-13)10-19-7-8-20(17(19)21)14-5-6-15-16(9-14)23-11-22-15/h1-6,9H,7-8,10-11H2. The van der Waals surface area contributed by atoms with Gasteiger partial charge < -0.3 is 14.4 Å². The summed E-state index contributed by atoms with van der Waals surface area (Å²) < 4.78 is 23.6. The number of hydrogen-bond acceptors (Lipinski definition) is 3. The van der Waals surface area contributed by atoms with Crippen molar-refractivity contribution in [1.82, 2.24) is 4.90 Å². The van der Waals surface area contributed by atoms with Gasteiger partial charge in [0.15, 0.2) is 11.5 Å². The molecule has 2 aliphatic rings. The minimum atomic E-state index is -0.275. The quantitative estimate of drug-likeness (QED) is 0.874. The summed E-state index contributed by atoms with van der Waals surface area (Å²) in [5, 5.41) is 0. The summed E-state index contributed by atoms with van der Waals surface area (Å²) in [5.41, 5.74) is 1.70. The molecule has 6 heteroatoms. The number of rotatable bonds is 3. The number of carbonyl (C=O) groups is 1. The molecule has 4 rings (SSSR count). The first-order valence-electron chi connectivity index (χ1n) is 7.41. The number of nitrogens with zero attached hydrogens (tertiary/aromatic N) is 2. The Morgan fingerprint density at radius 3 is 2.61 bits per heavy atom. The van der Waals surface area contributed by atoms with E-state index in [1.165, 1.54) is 12.1 Å². The van der Waals surface area contributed by atoms with Gasteiger partial charge in [-0.05, 0) is 29.8 Å². The van der Waals surface area contributed by atoms with Crippen molar-refractivity contribution in [2.45, 2.75) is 6.54 Å². The SMILES string of the molecule is O=C1N(Cc2ccc(F)cc2)CCN1c1ccc2c(c1)OCO2. The number of fused-ring (bicyclic) bond motifs is 1. The molecule has 118 valence electrons. The van der Waals surface area contributed by atoms with E-state index in [-0.39, 0.29) is 18.6 Å². The van der Waals surface area contributed by atoms with E-state index < -0.39 is 0 Å². The molecule has 0 radical (unpaired) electrons. The second kappa shape index (κ2) is 5.46. The number of carbonyl (C=O) groups excluding carboxylic acids is 1. The second-order valence-corrected chi connectivity index (χ2v) is 5.52. The number of anilines is 1. The number of ether oxygens (including phenoxy) is 2. The van der Waals surface area contributed by atoms with E-state index in [1.807, 2.05) is 18.2 Å². The van der Waals surface area contributed by atoms with Crippen LogP contribution in [0.1, 0.15) is 5.56 Å². The van der Waals surface area contributed by atoms with Crippen molar-refractivity contribution in [1.29, 1.82) is 0 Å². The maximum atomic E-state index is 13.0. The molecule has 0 spiro atoms. The van der Waals surface area contributed by atoms with E-state index in [9.17, 15) is 9.18 Å². The minimum absolute atomic E-state index is 0.0619. The maximum absolute atomic E-state index is 13.0. The lowest BCUT2D eigenvalue weighted by molar-refractivity contribution is 0.174. The van der Waals surface area contributed by atoms with Crippen molar-refractivity contribution >= 4 is 11.7 Å². The average molecular weight is 314 g/mol. The Hall–Kier alpha value is -2.76. The van der Waals surface area contributed by atoms with Gasteiger partial charge in [0.05, 0.1) is 0 Å². The third kappa shape index (κ3) is 2.56. The predicted octanol–water partition coefficient (Wildman–Crippen LogP) is 3.00. The van der Waals surface area contributed by atoms with Crippen LogP contribution in [0.5, 0.6) is 11.5 Å². The van der Waals surface area contributed by atoms with Crippen LogP contribution in [-0.4, -0.2) is 30.8 Å². The Morgan fingerprint density at radius 2 is 1.78 bits per heavy atom. The molecule has 0 aliphatic carbocycles. The van der Waals surface area contributed by atoms with Crippen LogP contribution in [0.25, 0.3) is 0 Å². The molecule has 0 unspecified atom stereocenters. The van der Waals surface area contributed by atoms with Gasteiger partial charge in [0.25, 0.3) is 0 Å². The van der Waals surface area contributed by atoms with Crippen LogP contribution < -0.4 is 14.4 Å². The fraction of sp³-hybridized carbons (Fsp3) is 0.235. The van der Waals surface area contributed by atoms with E-state index in [0.29, 0.717) is 31.1 Å². The van der Waals surface area contributed by atoms with Crippen molar-refractivity contribution < 1.29 is 18.7 Å². The molecule has 5 nitrogen and oxygen atoms in total. The van der Waals surface area contributed by atoms with Crippen LogP contribution in [0, 0.1) is 5.82 Å². The number of halogens is 1. The molecule has 23 heavy (non-hydrogen) atoms. The van der Waals surface area contributed by atoms with Gasteiger partial charge in [-0.25, -0.2) is 9.18 Å². The molecule has 0 aromatic heterocycles. The molecule has 2 aliphatic heterocycles. The van der Waals surface area contributed by atoms with E-state index in [2.05, 4.69) is 0 Å². The van der Waals surface area contributed by atoms with Crippen LogP contribution in [-0.2, 0) is 6.54 Å². The van der Waals surface area contributed by atoms with Crippen molar-refractivity contribution in [3.63, 3.8) is 0 Å². The van der Waals surface area contributed by atoms with Gasteiger partial charge in [-0.3, -0.25) is 4.90 Å². The zero-order valence-electron chi connectivity index (χ0n) is 12.4. The number of hydrogen-bond donors (Lipinski definition) is 0. The lowest BCUT2D eigenvalue weighted by Gasteiger charge is -2.19. The van der Waals surface area contributed by atoms with Gasteiger partial charge in [-0.2, -0.15) is 0 Å². The Labute approximate surface area is 132 Å². The largest absolute Gasteiger partial charge is 0.454 e. The van der Waals surface area contributed by atoms with Gasteiger partial charge in [-0.15, -0.1) is 0 Å². The van der Waals surface area contributed by atoms with Crippen LogP contribution in [0.4, 0.5) is 14.9 Å². The lowest BCUT2D eigenvalue weighted by atomic mass is 10.2. The summed E-state index contributed by atoms with van der Waals surface area (Å²) in [7, 11) is 0. The molecule has 0 N–H and O–H groups in total. The summed E-state index contributed by atoms with van der Waals surface area (Å²) >= 11 is 0. The first kappa shape index (κ1) is 13.9. The molecular formula is C17H15FN2O3. The topological polar surface area (TPSA) is 42.0 Å². The first-order chi connectivity index (χ1) is 11.2. The highest BCUT2D eigenvalue weighted by atomic mass is 19.1. The molecule has 2 aromatic carbocycles. The van der Waals surface area contributed by atoms with Crippen molar-refractivity contribution in [2.24, 2.45) is 0 Å². The molecule has 1 fully saturated rings. The third-order valence-corrected chi connectivity index (χ3v) is 4.05. The molecular weight excluding hydrogens is 299 g/mol. The zero-order chi connectivity index (χ0) is 15.8.